The van der Waals surface area contributed by atoms with E-state index in [1.54, 1.807) is 7.11 Å². The van der Waals surface area contributed by atoms with Gasteiger partial charge in [0, 0.05) is 31.2 Å². The molecule has 4 rings (SSSR count). The molecule has 3 aromatic carbocycles. The number of hydrogen-bond acceptors (Lipinski definition) is 3. The minimum absolute atomic E-state index is 0.316. The lowest BCUT2D eigenvalue weighted by Gasteiger charge is -2.45. The van der Waals surface area contributed by atoms with Crippen LogP contribution < -0.4 is 10.1 Å². The van der Waals surface area contributed by atoms with Gasteiger partial charge in [0.2, 0.25) is 0 Å². The molecule has 0 bridgehead atoms. The second-order valence-corrected chi connectivity index (χ2v) is 7.07. The summed E-state index contributed by atoms with van der Waals surface area (Å²) in [5.74, 6) is 0.952. The zero-order chi connectivity index (χ0) is 18.5. The Balaban J connectivity index is 1.41. The van der Waals surface area contributed by atoms with E-state index in [1.165, 1.54) is 16.7 Å². The van der Waals surface area contributed by atoms with E-state index in [-0.39, 0.29) is 0 Å². The van der Waals surface area contributed by atoms with Crippen molar-refractivity contribution in [1.82, 2.24) is 10.2 Å². The van der Waals surface area contributed by atoms with Gasteiger partial charge in [-0.2, -0.15) is 0 Å². The number of likely N-dealkylation sites (tertiary alicyclic amines) is 1. The van der Waals surface area contributed by atoms with Crippen molar-refractivity contribution < 1.29 is 4.74 Å². The van der Waals surface area contributed by atoms with Crippen molar-refractivity contribution in [3.63, 3.8) is 0 Å². The highest BCUT2D eigenvalue weighted by atomic mass is 16.5. The van der Waals surface area contributed by atoms with Gasteiger partial charge in [-0.05, 0) is 17.2 Å². The predicted molar refractivity (Wildman–Crippen MR) is 110 cm³/mol. The van der Waals surface area contributed by atoms with Crippen molar-refractivity contribution in [2.75, 3.05) is 20.2 Å². The lowest BCUT2D eigenvalue weighted by Crippen LogP contribution is -2.58. The fourth-order valence-electron chi connectivity index (χ4n) is 3.84. The molecule has 138 valence electrons. The van der Waals surface area contributed by atoms with E-state index < -0.39 is 0 Å². The van der Waals surface area contributed by atoms with Crippen molar-refractivity contribution in [2.24, 2.45) is 0 Å². The summed E-state index contributed by atoms with van der Waals surface area (Å²) in [6.45, 7) is 2.93. The first-order chi connectivity index (χ1) is 13.3. The summed E-state index contributed by atoms with van der Waals surface area (Å²) in [6.07, 6.45) is 0. The van der Waals surface area contributed by atoms with Crippen molar-refractivity contribution in [3.8, 4) is 5.75 Å². The summed E-state index contributed by atoms with van der Waals surface area (Å²) in [7, 11) is 1.73. The fourth-order valence-corrected chi connectivity index (χ4v) is 3.84. The maximum absolute atomic E-state index is 5.45. The molecule has 0 aliphatic carbocycles. The molecule has 0 unspecified atom stereocenters. The predicted octanol–water partition coefficient (Wildman–Crippen LogP) is 4.26. The molecule has 27 heavy (non-hydrogen) atoms. The van der Waals surface area contributed by atoms with Crippen LogP contribution in [0.4, 0.5) is 0 Å². The molecule has 3 nitrogen and oxygen atoms in total. The summed E-state index contributed by atoms with van der Waals surface area (Å²) in [5, 5.41) is 3.68. The standard InChI is InChI=1S/C24H26N2O/c1-27-23-15-9-8-14-21(23)16-25-22-17-26(18-22)24(19-10-4-2-5-11-19)20-12-6-3-7-13-20/h2-15,22,24-25H,16-18H2,1H3. The second-order valence-electron chi connectivity index (χ2n) is 7.07. The van der Waals surface area contributed by atoms with Crippen LogP contribution in [0, 0.1) is 0 Å². The first-order valence-corrected chi connectivity index (χ1v) is 9.54. The van der Waals surface area contributed by atoms with Crippen molar-refractivity contribution in [1.29, 1.82) is 0 Å². The number of nitrogens with zero attached hydrogens (tertiary/aromatic N) is 1. The zero-order valence-electron chi connectivity index (χ0n) is 15.7. The third kappa shape index (κ3) is 4.05. The Bertz CT molecular complexity index is 805. The Kier molecular flexibility index (Phi) is 5.52. The summed E-state index contributed by atoms with van der Waals surface area (Å²) in [4.78, 5) is 2.55. The van der Waals surface area contributed by atoms with Crippen LogP contribution in [-0.4, -0.2) is 31.1 Å². The molecule has 0 saturated carbocycles. The van der Waals surface area contributed by atoms with Gasteiger partial charge in [-0.1, -0.05) is 78.9 Å². The van der Waals surface area contributed by atoms with Crippen molar-refractivity contribution in [3.05, 3.63) is 102 Å². The highest BCUT2D eigenvalue weighted by molar-refractivity contribution is 5.34. The number of benzene rings is 3. The van der Waals surface area contributed by atoms with Gasteiger partial charge in [-0.25, -0.2) is 0 Å². The van der Waals surface area contributed by atoms with Gasteiger partial charge >= 0.3 is 0 Å². The third-order valence-corrected chi connectivity index (χ3v) is 5.28. The molecular formula is C24H26N2O. The molecule has 0 atom stereocenters. The van der Waals surface area contributed by atoms with Crippen LogP contribution in [0.1, 0.15) is 22.7 Å². The smallest absolute Gasteiger partial charge is 0.123 e. The van der Waals surface area contributed by atoms with E-state index in [1.807, 2.05) is 12.1 Å². The molecule has 3 heteroatoms. The van der Waals surface area contributed by atoms with Crippen LogP contribution in [0.5, 0.6) is 5.75 Å². The lowest BCUT2D eigenvalue weighted by molar-refractivity contribution is 0.0921. The van der Waals surface area contributed by atoms with E-state index in [4.69, 9.17) is 4.74 Å². The summed E-state index contributed by atoms with van der Waals surface area (Å²) < 4.78 is 5.45. The van der Waals surface area contributed by atoms with Crippen LogP contribution in [0.3, 0.4) is 0 Å². The van der Waals surface area contributed by atoms with Gasteiger partial charge in [0.05, 0.1) is 13.2 Å². The first kappa shape index (κ1) is 17.8. The molecule has 0 spiro atoms. The monoisotopic (exact) mass is 358 g/mol. The normalized spacial score (nSPS) is 14.9. The quantitative estimate of drug-likeness (QED) is 0.683. The van der Waals surface area contributed by atoms with Gasteiger partial charge in [-0.15, -0.1) is 0 Å². The molecule has 1 fully saturated rings. The summed E-state index contributed by atoms with van der Waals surface area (Å²) >= 11 is 0. The van der Waals surface area contributed by atoms with E-state index in [0.29, 0.717) is 12.1 Å². The minimum Gasteiger partial charge on any atom is -0.496 e. The average molecular weight is 358 g/mol. The maximum Gasteiger partial charge on any atom is 0.123 e. The van der Waals surface area contributed by atoms with E-state index in [2.05, 4.69) is 83.0 Å². The first-order valence-electron chi connectivity index (χ1n) is 9.54. The molecule has 0 aromatic heterocycles. The molecule has 1 saturated heterocycles. The third-order valence-electron chi connectivity index (χ3n) is 5.28. The highest BCUT2D eigenvalue weighted by Gasteiger charge is 2.33. The number of para-hydroxylation sites is 1. The van der Waals surface area contributed by atoms with Crippen LogP contribution in [-0.2, 0) is 6.54 Å². The van der Waals surface area contributed by atoms with Gasteiger partial charge in [0.15, 0.2) is 0 Å². The molecule has 1 aliphatic rings. The Morgan fingerprint density at radius 2 is 1.41 bits per heavy atom. The Morgan fingerprint density at radius 3 is 2.00 bits per heavy atom. The molecule has 1 aliphatic heterocycles. The molecular weight excluding hydrogens is 332 g/mol. The lowest BCUT2D eigenvalue weighted by atomic mass is 9.93. The second kappa shape index (κ2) is 8.38. The van der Waals surface area contributed by atoms with Crippen LogP contribution >= 0.6 is 0 Å². The van der Waals surface area contributed by atoms with Crippen LogP contribution in [0.15, 0.2) is 84.9 Å². The molecule has 3 aromatic rings. The minimum atomic E-state index is 0.316. The summed E-state index contributed by atoms with van der Waals surface area (Å²) in [6, 6.07) is 30.6. The van der Waals surface area contributed by atoms with Gasteiger partial charge in [0.1, 0.15) is 5.75 Å². The Labute approximate surface area is 161 Å². The van der Waals surface area contributed by atoms with Crippen molar-refractivity contribution in [2.45, 2.75) is 18.6 Å². The number of hydrogen-bond donors (Lipinski definition) is 1. The number of methoxy groups -OCH3 is 1. The maximum atomic E-state index is 5.45. The Morgan fingerprint density at radius 1 is 0.852 bits per heavy atom. The summed E-state index contributed by atoms with van der Waals surface area (Å²) in [5.41, 5.74) is 3.92. The molecule has 0 radical (unpaired) electrons. The fraction of sp³-hybridized carbons (Fsp3) is 0.250. The molecule has 0 amide bonds. The SMILES string of the molecule is COc1ccccc1CNC1CN(C(c2ccccc2)c2ccccc2)C1. The number of nitrogens with one attached hydrogen (secondary N) is 1. The van der Waals surface area contributed by atoms with Gasteiger partial charge < -0.3 is 10.1 Å². The number of rotatable bonds is 7. The average Bonchev–Trinajstić information content (AvgIpc) is 2.71. The van der Waals surface area contributed by atoms with Crippen LogP contribution in [0.2, 0.25) is 0 Å². The largest absolute Gasteiger partial charge is 0.496 e. The van der Waals surface area contributed by atoms with Crippen molar-refractivity contribution >= 4 is 0 Å². The topological polar surface area (TPSA) is 24.5 Å². The highest BCUT2D eigenvalue weighted by Crippen LogP contribution is 2.32. The van der Waals surface area contributed by atoms with Gasteiger partial charge in [-0.3, -0.25) is 4.90 Å². The molecule has 1 heterocycles. The zero-order valence-corrected chi connectivity index (χ0v) is 15.7. The number of ether oxygens (including phenoxy) is 1. The van der Waals surface area contributed by atoms with E-state index in [0.717, 1.165) is 25.4 Å². The molecule has 1 N–H and O–H groups in total. The van der Waals surface area contributed by atoms with Crippen LogP contribution in [0.25, 0.3) is 0 Å². The van der Waals surface area contributed by atoms with E-state index >= 15 is 0 Å². The van der Waals surface area contributed by atoms with E-state index in [9.17, 15) is 0 Å². The Hall–Kier alpha value is -2.62. The van der Waals surface area contributed by atoms with Gasteiger partial charge in [0.25, 0.3) is 0 Å².